The van der Waals surface area contributed by atoms with Gasteiger partial charge in [0.15, 0.2) is 0 Å². The Balaban J connectivity index is 2.78. The largest absolute Gasteiger partial charge is 0.280 e. The van der Waals surface area contributed by atoms with Gasteiger partial charge in [-0.1, -0.05) is 11.6 Å². The van der Waals surface area contributed by atoms with Crippen molar-refractivity contribution in [2.45, 2.75) is 13.3 Å². The molecule has 0 atom stereocenters. The summed E-state index contributed by atoms with van der Waals surface area (Å²) in [5.74, 6) is 0. The Morgan fingerprint density at radius 3 is 2.79 bits per heavy atom. The molecule has 14 heavy (non-hydrogen) atoms. The highest BCUT2D eigenvalue weighted by Gasteiger charge is 2.16. The minimum atomic E-state index is -2.56. The van der Waals surface area contributed by atoms with Crippen LogP contribution in [0.5, 0.6) is 0 Å². The van der Waals surface area contributed by atoms with Gasteiger partial charge in [-0.2, -0.15) is 5.10 Å². The molecule has 0 bridgehead atoms. The van der Waals surface area contributed by atoms with Crippen molar-refractivity contribution in [2.24, 2.45) is 0 Å². The minimum absolute atomic E-state index is 0.175. The summed E-state index contributed by atoms with van der Waals surface area (Å²) in [4.78, 5) is 0. The zero-order valence-corrected chi connectivity index (χ0v) is 8.07. The highest BCUT2D eigenvalue weighted by molar-refractivity contribution is 6.31. The Bertz CT molecular complexity index is 479. The van der Waals surface area contributed by atoms with Gasteiger partial charge in [0.05, 0.1) is 5.52 Å². The first kappa shape index (κ1) is 9.40. The van der Waals surface area contributed by atoms with Crippen molar-refractivity contribution in [2.75, 3.05) is 0 Å². The topological polar surface area (TPSA) is 28.7 Å². The van der Waals surface area contributed by atoms with Crippen molar-refractivity contribution in [1.82, 2.24) is 10.2 Å². The zero-order chi connectivity index (χ0) is 10.3. The molecular formula is C9H7ClF2N2. The van der Waals surface area contributed by atoms with Crippen LogP contribution in [0.25, 0.3) is 10.9 Å². The van der Waals surface area contributed by atoms with Crippen LogP contribution in [0.2, 0.25) is 5.02 Å². The minimum Gasteiger partial charge on any atom is -0.276 e. The third-order valence-corrected chi connectivity index (χ3v) is 2.28. The first-order chi connectivity index (χ1) is 6.59. The smallest absolute Gasteiger partial charge is 0.276 e. The number of hydrogen-bond donors (Lipinski definition) is 1. The molecule has 5 heteroatoms. The Kier molecular flexibility index (Phi) is 2.15. The molecule has 2 nitrogen and oxygen atoms in total. The van der Waals surface area contributed by atoms with Crippen molar-refractivity contribution in [1.29, 1.82) is 0 Å². The van der Waals surface area contributed by atoms with Crippen LogP contribution < -0.4 is 0 Å². The number of aryl methyl sites for hydroxylation is 1. The van der Waals surface area contributed by atoms with E-state index >= 15 is 0 Å². The van der Waals surface area contributed by atoms with E-state index in [1.165, 1.54) is 6.07 Å². The lowest BCUT2D eigenvalue weighted by Crippen LogP contribution is -1.84. The van der Waals surface area contributed by atoms with Gasteiger partial charge in [0.1, 0.15) is 5.69 Å². The van der Waals surface area contributed by atoms with Crippen molar-refractivity contribution >= 4 is 22.5 Å². The molecule has 1 aromatic heterocycles. The second-order valence-corrected chi connectivity index (χ2v) is 3.49. The summed E-state index contributed by atoms with van der Waals surface area (Å²) in [7, 11) is 0. The van der Waals surface area contributed by atoms with Gasteiger partial charge in [0, 0.05) is 10.4 Å². The molecule has 0 amide bonds. The van der Waals surface area contributed by atoms with Gasteiger partial charge in [0.2, 0.25) is 0 Å². The quantitative estimate of drug-likeness (QED) is 0.777. The molecule has 0 unspecified atom stereocenters. The molecule has 0 aliphatic carbocycles. The van der Waals surface area contributed by atoms with Crippen molar-refractivity contribution in [3.63, 3.8) is 0 Å². The first-order valence-corrected chi connectivity index (χ1v) is 4.39. The van der Waals surface area contributed by atoms with Gasteiger partial charge in [-0.25, -0.2) is 8.78 Å². The van der Waals surface area contributed by atoms with Gasteiger partial charge in [-0.05, 0) is 24.6 Å². The summed E-state index contributed by atoms with van der Waals surface area (Å²) in [6.45, 7) is 1.78. The predicted molar refractivity (Wildman–Crippen MR) is 50.8 cm³/mol. The maximum Gasteiger partial charge on any atom is 0.280 e. The maximum atomic E-state index is 12.5. The van der Waals surface area contributed by atoms with Crippen LogP contribution in [0.4, 0.5) is 8.78 Å². The van der Waals surface area contributed by atoms with E-state index in [2.05, 4.69) is 10.2 Å². The maximum absolute atomic E-state index is 12.5. The molecule has 0 aliphatic heterocycles. The first-order valence-electron chi connectivity index (χ1n) is 4.02. The normalized spacial score (nSPS) is 11.5. The molecule has 1 heterocycles. The SMILES string of the molecule is Cc1cc(Cl)cc2c(C(F)F)[nH]nc12. The molecule has 1 N–H and O–H groups in total. The number of H-pyrrole nitrogens is 1. The number of fused-ring (bicyclic) bond motifs is 1. The van der Waals surface area contributed by atoms with Crippen molar-refractivity contribution in [3.05, 3.63) is 28.4 Å². The summed E-state index contributed by atoms with van der Waals surface area (Å²) >= 11 is 5.77. The van der Waals surface area contributed by atoms with Gasteiger partial charge in [-0.15, -0.1) is 0 Å². The molecule has 2 aromatic rings. The molecule has 0 aliphatic rings. The van der Waals surface area contributed by atoms with Crippen LogP contribution in [-0.2, 0) is 0 Å². The van der Waals surface area contributed by atoms with Crippen molar-refractivity contribution < 1.29 is 8.78 Å². The number of aromatic nitrogens is 2. The van der Waals surface area contributed by atoms with Gasteiger partial charge in [-0.3, -0.25) is 5.10 Å². The number of halogens is 3. The number of aromatic amines is 1. The Hall–Kier alpha value is -1.16. The lowest BCUT2D eigenvalue weighted by Gasteiger charge is -1.98. The lowest BCUT2D eigenvalue weighted by molar-refractivity contribution is 0.147. The van der Waals surface area contributed by atoms with Crippen LogP contribution in [0.3, 0.4) is 0 Å². The Labute approximate surface area is 83.9 Å². The summed E-state index contributed by atoms with van der Waals surface area (Å²) in [5.41, 5.74) is 1.16. The molecule has 1 aromatic carbocycles. The highest BCUT2D eigenvalue weighted by atomic mass is 35.5. The molecule has 0 radical (unpaired) electrons. The fourth-order valence-electron chi connectivity index (χ4n) is 1.43. The highest BCUT2D eigenvalue weighted by Crippen LogP contribution is 2.29. The molecule has 0 fully saturated rings. The average Bonchev–Trinajstić information content (AvgIpc) is 2.47. The Morgan fingerprint density at radius 1 is 1.43 bits per heavy atom. The fourth-order valence-corrected chi connectivity index (χ4v) is 1.70. The van der Waals surface area contributed by atoms with E-state index in [1.54, 1.807) is 13.0 Å². The summed E-state index contributed by atoms with van der Waals surface area (Å²) in [6.07, 6.45) is -2.56. The van der Waals surface area contributed by atoms with Crippen LogP contribution >= 0.6 is 11.6 Å². The molecule has 0 saturated carbocycles. The number of nitrogens with zero attached hydrogens (tertiary/aromatic N) is 1. The van der Waals surface area contributed by atoms with E-state index in [0.29, 0.717) is 15.9 Å². The second kappa shape index (κ2) is 3.20. The molecule has 0 saturated heterocycles. The molecule has 2 rings (SSSR count). The van der Waals surface area contributed by atoms with Crippen LogP contribution in [0, 0.1) is 6.92 Å². The average molecular weight is 217 g/mol. The summed E-state index contributed by atoms with van der Waals surface area (Å²) in [5, 5.41) is 6.98. The number of hydrogen-bond acceptors (Lipinski definition) is 1. The number of nitrogens with one attached hydrogen (secondary N) is 1. The van der Waals surface area contributed by atoms with Gasteiger partial charge in [0.25, 0.3) is 6.43 Å². The number of rotatable bonds is 1. The van der Waals surface area contributed by atoms with E-state index in [1.807, 2.05) is 0 Å². The third kappa shape index (κ3) is 1.35. The summed E-state index contributed by atoms with van der Waals surface area (Å²) in [6, 6.07) is 3.19. The molecule has 0 spiro atoms. The van der Waals surface area contributed by atoms with E-state index < -0.39 is 6.43 Å². The van der Waals surface area contributed by atoms with E-state index in [-0.39, 0.29) is 5.69 Å². The van der Waals surface area contributed by atoms with E-state index in [0.717, 1.165) is 5.56 Å². The van der Waals surface area contributed by atoms with Gasteiger partial charge >= 0.3 is 0 Å². The third-order valence-electron chi connectivity index (χ3n) is 2.06. The predicted octanol–water partition coefficient (Wildman–Crippen LogP) is 3.46. The number of benzene rings is 1. The molecular weight excluding hydrogens is 210 g/mol. The van der Waals surface area contributed by atoms with Gasteiger partial charge < -0.3 is 0 Å². The monoisotopic (exact) mass is 216 g/mol. The standard InChI is InChI=1S/C9H7ClF2N2/c1-4-2-5(10)3-6-7(4)13-14-8(6)9(11)12/h2-3,9H,1H3,(H,13,14). The lowest BCUT2D eigenvalue weighted by atomic mass is 10.1. The van der Waals surface area contributed by atoms with Crippen molar-refractivity contribution in [3.8, 4) is 0 Å². The second-order valence-electron chi connectivity index (χ2n) is 3.06. The van der Waals surface area contributed by atoms with Crippen LogP contribution in [0.15, 0.2) is 12.1 Å². The number of alkyl halides is 2. The van der Waals surface area contributed by atoms with E-state index in [9.17, 15) is 8.78 Å². The zero-order valence-electron chi connectivity index (χ0n) is 7.31. The molecule has 74 valence electrons. The van der Waals surface area contributed by atoms with E-state index in [4.69, 9.17) is 11.6 Å². The Morgan fingerprint density at radius 2 is 2.14 bits per heavy atom. The van der Waals surface area contributed by atoms with Crippen LogP contribution in [0.1, 0.15) is 17.7 Å². The fraction of sp³-hybridized carbons (Fsp3) is 0.222. The van der Waals surface area contributed by atoms with Crippen LogP contribution in [-0.4, -0.2) is 10.2 Å². The summed E-state index contributed by atoms with van der Waals surface area (Å²) < 4.78 is 25.0.